The van der Waals surface area contributed by atoms with Crippen LogP contribution in [-0.2, 0) is 4.79 Å². The lowest BCUT2D eigenvalue weighted by molar-refractivity contribution is -0.125. The van der Waals surface area contributed by atoms with Crippen LogP contribution in [0, 0.1) is 17.8 Å². The average Bonchev–Trinajstić information content (AvgIpc) is 2.00. The largest absolute Gasteiger partial charge is 0.359 e. The number of nitrogens with one attached hydrogen (secondary N) is 1. The standard InChI is InChI=1S/C9H19NO/c1-6(2)7(3)8(4)9(11)10-5/h6-8H,1-5H3,(H,10,11). The Morgan fingerprint density at radius 3 is 1.91 bits per heavy atom. The molecule has 0 aliphatic heterocycles. The SMILES string of the molecule is CNC(=O)C(C)C(C)C(C)C. The Balaban J connectivity index is 4.01. The molecule has 0 aromatic heterocycles. The van der Waals surface area contributed by atoms with E-state index in [9.17, 15) is 4.79 Å². The van der Waals surface area contributed by atoms with Crippen molar-refractivity contribution in [2.45, 2.75) is 27.7 Å². The van der Waals surface area contributed by atoms with Crippen molar-refractivity contribution in [1.82, 2.24) is 5.32 Å². The maximum Gasteiger partial charge on any atom is 0.222 e. The topological polar surface area (TPSA) is 29.1 Å². The van der Waals surface area contributed by atoms with Crippen molar-refractivity contribution < 1.29 is 4.79 Å². The van der Waals surface area contributed by atoms with Crippen LogP contribution in [0.5, 0.6) is 0 Å². The molecule has 0 heterocycles. The molecule has 0 bridgehead atoms. The molecule has 0 aliphatic carbocycles. The summed E-state index contributed by atoms with van der Waals surface area (Å²) in [7, 11) is 1.69. The van der Waals surface area contributed by atoms with Gasteiger partial charge in [-0.05, 0) is 11.8 Å². The molecule has 66 valence electrons. The Morgan fingerprint density at radius 1 is 1.18 bits per heavy atom. The molecular weight excluding hydrogens is 138 g/mol. The van der Waals surface area contributed by atoms with E-state index in [1.807, 2.05) is 6.92 Å². The molecule has 11 heavy (non-hydrogen) atoms. The molecule has 0 aliphatic rings. The molecule has 0 saturated carbocycles. The fraction of sp³-hybridized carbons (Fsp3) is 0.889. The Bertz CT molecular complexity index is 132. The monoisotopic (exact) mass is 157 g/mol. The molecule has 0 radical (unpaired) electrons. The van der Waals surface area contributed by atoms with E-state index >= 15 is 0 Å². The minimum absolute atomic E-state index is 0.125. The van der Waals surface area contributed by atoms with Crippen LogP contribution in [0.2, 0.25) is 0 Å². The molecule has 0 fully saturated rings. The van der Waals surface area contributed by atoms with Crippen LogP contribution in [0.3, 0.4) is 0 Å². The van der Waals surface area contributed by atoms with E-state index in [1.54, 1.807) is 7.05 Å². The zero-order chi connectivity index (χ0) is 9.02. The van der Waals surface area contributed by atoms with Gasteiger partial charge in [-0.2, -0.15) is 0 Å². The van der Waals surface area contributed by atoms with E-state index in [2.05, 4.69) is 26.1 Å². The summed E-state index contributed by atoms with van der Waals surface area (Å²) in [6.07, 6.45) is 0. The summed E-state index contributed by atoms with van der Waals surface area (Å²) >= 11 is 0. The first kappa shape index (κ1) is 10.5. The van der Waals surface area contributed by atoms with Crippen LogP contribution >= 0.6 is 0 Å². The van der Waals surface area contributed by atoms with Crippen molar-refractivity contribution in [1.29, 1.82) is 0 Å². The molecule has 2 nitrogen and oxygen atoms in total. The molecular formula is C9H19NO. The molecule has 1 N–H and O–H groups in total. The minimum atomic E-state index is 0.125. The van der Waals surface area contributed by atoms with Crippen LogP contribution in [0.15, 0.2) is 0 Å². The van der Waals surface area contributed by atoms with Crippen LogP contribution in [-0.4, -0.2) is 13.0 Å². The van der Waals surface area contributed by atoms with Gasteiger partial charge < -0.3 is 5.32 Å². The van der Waals surface area contributed by atoms with Gasteiger partial charge in [0, 0.05) is 13.0 Å². The van der Waals surface area contributed by atoms with Crippen LogP contribution < -0.4 is 5.32 Å². The first-order chi connectivity index (χ1) is 5.00. The maximum absolute atomic E-state index is 11.1. The quantitative estimate of drug-likeness (QED) is 0.663. The summed E-state index contributed by atoms with van der Waals surface area (Å²) in [5.41, 5.74) is 0. The highest BCUT2D eigenvalue weighted by Gasteiger charge is 2.21. The van der Waals surface area contributed by atoms with Crippen LogP contribution in [0.1, 0.15) is 27.7 Å². The molecule has 2 unspecified atom stereocenters. The van der Waals surface area contributed by atoms with Gasteiger partial charge in [0.05, 0.1) is 0 Å². The van der Waals surface area contributed by atoms with E-state index in [4.69, 9.17) is 0 Å². The lowest BCUT2D eigenvalue weighted by Crippen LogP contribution is -2.31. The van der Waals surface area contributed by atoms with E-state index in [-0.39, 0.29) is 11.8 Å². The third-order valence-electron chi connectivity index (χ3n) is 2.50. The second kappa shape index (κ2) is 4.37. The molecule has 2 heteroatoms. The predicted molar refractivity (Wildman–Crippen MR) is 47.2 cm³/mol. The Morgan fingerprint density at radius 2 is 1.64 bits per heavy atom. The van der Waals surface area contributed by atoms with Gasteiger partial charge >= 0.3 is 0 Å². The Labute approximate surface area is 69.4 Å². The first-order valence-corrected chi connectivity index (χ1v) is 4.22. The van der Waals surface area contributed by atoms with Crippen molar-refractivity contribution in [3.05, 3.63) is 0 Å². The summed E-state index contributed by atoms with van der Waals surface area (Å²) in [6, 6.07) is 0. The first-order valence-electron chi connectivity index (χ1n) is 4.22. The van der Waals surface area contributed by atoms with Gasteiger partial charge in [-0.3, -0.25) is 4.79 Å². The number of hydrogen-bond acceptors (Lipinski definition) is 1. The number of carbonyl (C=O) groups excluding carboxylic acids is 1. The fourth-order valence-electron chi connectivity index (χ4n) is 1.04. The second-order valence-corrected chi connectivity index (χ2v) is 3.51. The number of amides is 1. The highest BCUT2D eigenvalue weighted by molar-refractivity contribution is 5.78. The molecule has 0 aromatic carbocycles. The van der Waals surface area contributed by atoms with E-state index < -0.39 is 0 Å². The number of rotatable bonds is 3. The van der Waals surface area contributed by atoms with Gasteiger partial charge in [-0.1, -0.05) is 27.7 Å². The van der Waals surface area contributed by atoms with Gasteiger partial charge in [-0.15, -0.1) is 0 Å². The second-order valence-electron chi connectivity index (χ2n) is 3.51. The lowest BCUT2D eigenvalue weighted by Gasteiger charge is -2.21. The fourth-order valence-corrected chi connectivity index (χ4v) is 1.04. The maximum atomic E-state index is 11.1. The highest BCUT2D eigenvalue weighted by atomic mass is 16.1. The van der Waals surface area contributed by atoms with Gasteiger partial charge in [0.1, 0.15) is 0 Å². The highest BCUT2D eigenvalue weighted by Crippen LogP contribution is 2.19. The molecule has 0 spiro atoms. The summed E-state index contributed by atoms with van der Waals surface area (Å²) in [5, 5.41) is 2.66. The van der Waals surface area contributed by atoms with Crippen molar-refractivity contribution in [2.24, 2.45) is 17.8 Å². The van der Waals surface area contributed by atoms with Crippen LogP contribution in [0.25, 0.3) is 0 Å². The zero-order valence-corrected chi connectivity index (χ0v) is 8.14. The van der Waals surface area contributed by atoms with Crippen molar-refractivity contribution in [3.63, 3.8) is 0 Å². The molecule has 2 atom stereocenters. The molecule has 0 aromatic rings. The lowest BCUT2D eigenvalue weighted by atomic mass is 9.86. The van der Waals surface area contributed by atoms with Crippen molar-refractivity contribution in [2.75, 3.05) is 7.05 Å². The van der Waals surface area contributed by atoms with Gasteiger partial charge in [0.15, 0.2) is 0 Å². The summed E-state index contributed by atoms with van der Waals surface area (Å²) in [6.45, 7) is 8.38. The third kappa shape index (κ3) is 2.91. The van der Waals surface area contributed by atoms with E-state index in [1.165, 1.54) is 0 Å². The third-order valence-corrected chi connectivity index (χ3v) is 2.50. The molecule has 0 saturated heterocycles. The molecule has 0 rings (SSSR count). The Kier molecular flexibility index (Phi) is 4.16. The number of carbonyl (C=O) groups is 1. The van der Waals surface area contributed by atoms with Crippen molar-refractivity contribution >= 4 is 5.91 Å². The average molecular weight is 157 g/mol. The predicted octanol–water partition coefficient (Wildman–Crippen LogP) is 1.66. The normalized spacial score (nSPS) is 16.2. The molecule has 1 amide bonds. The summed E-state index contributed by atoms with van der Waals surface area (Å²) < 4.78 is 0. The Hall–Kier alpha value is -0.530. The van der Waals surface area contributed by atoms with Gasteiger partial charge in [0.2, 0.25) is 5.91 Å². The zero-order valence-electron chi connectivity index (χ0n) is 8.14. The van der Waals surface area contributed by atoms with Gasteiger partial charge in [-0.25, -0.2) is 0 Å². The number of hydrogen-bond donors (Lipinski definition) is 1. The van der Waals surface area contributed by atoms with Gasteiger partial charge in [0.25, 0.3) is 0 Å². The summed E-state index contributed by atoms with van der Waals surface area (Å²) in [4.78, 5) is 11.1. The van der Waals surface area contributed by atoms with Crippen LogP contribution in [0.4, 0.5) is 0 Å². The minimum Gasteiger partial charge on any atom is -0.359 e. The van der Waals surface area contributed by atoms with Crippen molar-refractivity contribution in [3.8, 4) is 0 Å². The smallest absolute Gasteiger partial charge is 0.222 e. The van der Waals surface area contributed by atoms with E-state index in [0.29, 0.717) is 11.8 Å². The summed E-state index contributed by atoms with van der Waals surface area (Å²) in [5.74, 6) is 1.29. The van der Waals surface area contributed by atoms with E-state index in [0.717, 1.165) is 0 Å².